The van der Waals surface area contributed by atoms with E-state index in [0.717, 1.165) is 21.9 Å². The van der Waals surface area contributed by atoms with Gasteiger partial charge in [0.2, 0.25) is 0 Å². The van der Waals surface area contributed by atoms with Crippen LogP contribution in [0.5, 0.6) is 5.75 Å². The molecule has 2 nitrogen and oxygen atoms in total. The van der Waals surface area contributed by atoms with Crippen LogP contribution in [0, 0.1) is 19.3 Å². The molecule has 0 aliphatic carbocycles. The van der Waals surface area contributed by atoms with Crippen molar-refractivity contribution in [2.45, 2.75) is 40.7 Å². The number of ether oxygens (including phenoxy) is 1. The first-order valence-electron chi connectivity index (χ1n) is 5.87. The van der Waals surface area contributed by atoms with E-state index in [1.807, 2.05) is 26.0 Å². The van der Waals surface area contributed by atoms with Crippen LogP contribution < -0.4 is 10.5 Å². The summed E-state index contributed by atoms with van der Waals surface area (Å²) in [4.78, 5) is 0. The van der Waals surface area contributed by atoms with Gasteiger partial charge in [0.15, 0.2) is 0 Å². The molecule has 0 saturated heterocycles. The van der Waals surface area contributed by atoms with Gasteiger partial charge in [0.1, 0.15) is 12.4 Å². The second-order valence-electron chi connectivity index (χ2n) is 5.65. The zero-order chi connectivity index (χ0) is 13.2. The lowest BCUT2D eigenvalue weighted by Crippen LogP contribution is -2.40. The predicted octanol–water partition coefficient (Wildman–Crippen LogP) is 3.71. The average molecular weight is 256 g/mol. The molecule has 2 N–H and O–H groups in total. The van der Waals surface area contributed by atoms with Gasteiger partial charge in [-0.2, -0.15) is 0 Å². The topological polar surface area (TPSA) is 35.2 Å². The van der Waals surface area contributed by atoms with Crippen LogP contribution in [0.3, 0.4) is 0 Å². The molecule has 0 bridgehead atoms. The zero-order valence-corrected chi connectivity index (χ0v) is 12.1. The molecular formula is C14H22ClNO. The fourth-order valence-electron chi connectivity index (χ4n) is 1.43. The van der Waals surface area contributed by atoms with Crippen LogP contribution in [0.15, 0.2) is 12.1 Å². The third kappa shape index (κ3) is 3.90. The molecular weight excluding hydrogens is 234 g/mol. The quantitative estimate of drug-likeness (QED) is 0.894. The molecule has 17 heavy (non-hydrogen) atoms. The first kappa shape index (κ1) is 14.3. The van der Waals surface area contributed by atoms with Gasteiger partial charge in [-0.25, -0.2) is 0 Å². The highest BCUT2D eigenvalue weighted by Gasteiger charge is 2.21. The first-order chi connectivity index (χ1) is 7.71. The second-order valence-corrected chi connectivity index (χ2v) is 6.03. The molecule has 0 saturated carbocycles. The minimum Gasteiger partial charge on any atom is -0.492 e. The molecule has 0 heterocycles. The van der Waals surface area contributed by atoms with Gasteiger partial charge in [-0.15, -0.1) is 0 Å². The van der Waals surface area contributed by atoms with Crippen LogP contribution in [-0.4, -0.2) is 12.6 Å². The number of hydrogen-bond donors (Lipinski definition) is 1. The van der Waals surface area contributed by atoms with Crippen molar-refractivity contribution in [3.63, 3.8) is 0 Å². The van der Waals surface area contributed by atoms with E-state index in [2.05, 4.69) is 20.8 Å². The van der Waals surface area contributed by atoms with Gasteiger partial charge < -0.3 is 10.5 Å². The number of aryl methyl sites for hydroxylation is 2. The molecule has 1 rings (SSSR count). The zero-order valence-electron chi connectivity index (χ0n) is 11.3. The standard InChI is InChI=1S/C14H22ClNO/c1-9-6-11(7-10(2)13(9)15)17-8-12(16)14(3,4)5/h6-7,12H,8,16H2,1-5H3. The average Bonchev–Trinajstić information content (AvgIpc) is 2.20. The second kappa shape index (κ2) is 5.28. The van der Waals surface area contributed by atoms with E-state index in [0.29, 0.717) is 6.61 Å². The number of nitrogens with two attached hydrogens (primary N) is 1. The summed E-state index contributed by atoms with van der Waals surface area (Å²) >= 11 is 6.10. The molecule has 1 atom stereocenters. The van der Waals surface area contributed by atoms with Gasteiger partial charge in [-0.3, -0.25) is 0 Å². The Hall–Kier alpha value is -0.730. The molecule has 1 unspecified atom stereocenters. The molecule has 96 valence electrons. The predicted molar refractivity (Wildman–Crippen MR) is 73.9 cm³/mol. The van der Waals surface area contributed by atoms with Crippen molar-refractivity contribution in [2.24, 2.45) is 11.1 Å². The lowest BCUT2D eigenvalue weighted by molar-refractivity contribution is 0.205. The highest BCUT2D eigenvalue weighted by molar-refractivity contribution is 6.32. The molecule has 0 aliphatic rings. The van der Waals surface area contributed by atoms with E-state index in [4.69, 9.17) is 22.1 Å². The normalized spacial score (nSPS) is 13.6. The maximum absolute atomic E-state index is 6.10. The van der Waals surface area contributed by atoms with Crippen LogP contribution >= 0.6 is 11.6 Å². The maximum atomic E-state index is 6.10. The Morgan fingerprint density at radius 2 is 1.71 bits per heavy atom. The van der Waals surface area contributed by atoms with Crippen molar-refractivity contribution in [2.75, 3.05) is 6.61 Å². The molecule has 0 fully saturated rings. The Morgan fingerprint density at radius 1 is 1.24 bits per heavy atom. The van der Waals surface area contributed by atoms with Crippen LogP contribution in [0.4, 0.5) is 0 Å². The van der Waals surface area contributed by atoms with E-state index in [9.17, 15) is 0 Å². The molecule has 0 aromatic heterocycles. The molecule has 0 aliphatic heterocycles. The Balaban J connectivity index is 2.71. The SMILES string of the molecule is Cc1cc(OCC(N)C(C)(C)C)cc(C)c1Cl. The number of hydrogen-bond acceptors (Lipinski definition) is 2. The van der Waals surface area contributed by atoms with Crippen LogP contribution in [-0.2, 0) is 0 Å². The molecule has 0 radical (unpaired) electrons. The highest BCUT2D eigenvalue weighted by atomic mass is 35.5. The van der Waals surface area contributed by atoms with Crippen molar-refractivity contribution >= 4 is 11.6 Å². The summed E-state index contributed by atoms with van der Waals surface area (Å²) in [6, 6.07) is 3.91. The van der Waals surface area contributed by atoms with E-state index in [-0.39, 0.29) is 11.5 Å². The lowest BCUT2D eigenvalue weighted by atomic mass is 9.88. The Morgan fingerprint density at radius 3 is 2.12 bits per heavy atom. The number of benzene rings is 1. The van der Waals surface area contributed by atoms with Gasteiger partial charge in [0, 0.05) is 11.1 Å². The van der Waals surface area contributed by atoms with Gasteiger partial charge in [0.05, 0.1) is 0 Å². The van der Waals surface area contributed by atoms with Gasteiger partial charge in [-0.05, 0) is 42.5 Å². The minimum atomic E-state index is 0.0128. The van der Waals surface area contributed by atoms with Gasteiger partial charge in [-0.1, -0.05) is 32.4 Å². The van der Waals surface area contributed by atoms with E-state index < -0.39 is 0 Å². The van der Waals surface area contributed by atoms with Crippen LogP contribution in [0.2, 0.25) is 5.02 Å². The smallest absolute Gasteiger partial charge is 0.120 e. The Labute approximate surface area is 109 Å². The van der Waals surface area contributed by atoms with Crippen LogP contribution in [0.25, 0.3) is 0 Å². The van der Waals surface area contributed by atoms with Crippen molar-refractivity contribution in [3.8, 4) is 5.75 Å². The monoisotopic (exact) mass is 255 g/mol. The molecule has 3 heteroatoms. The third-order valence-electron chi connectivity index (χ3n) is 2.95. The lowest BCUT2D eigenvalue weighted by Gasteiger charge is -2.27. The van der Waals surface area contributed by atoms with Crippen LogP contribution in [0.1, 0.15) is 31.9 Å². The highest BCUT2D eigenvalue weighted by Crippen LogP contribution is 2.26. The van der Waals surface area contributed by atoms with Crippen molar-refractivity contribution in [1.29, 1.82) is 0 Å². The minimum absolute atomic E-state index is 0.0128. The fourth-order valence-corrected chi connectivity index (χ4v) is 1.53. The van der Waals surface area contributed by atoms with Crippen molar-refractivity contribution in [1.82, 2.24) is 0 Å². The Kier molecular flexibility index (Phi) is 4.45. The summed E-state index contributed by atoms with van der Waals surface area (Å²) in [5, 5.41) is 0.803. The number of halogens is 1. The summed E-state index contributed by atoms with van der Waals surface area (Å²) in [6.07, 6.45) is 0. The Bertz CT molecular complexity index is 373. The molecule has 0 amide bonds. The van der Waals surface area contributed by atoms with E-state index in [1.165, 1.54) is 0 Å². The largest absolute Gasteiger partial charge is 0.492 e. The van der Waals surface area contributed by atoms with E-state index in [1.54, 1.807) is 0 Å². The fraction of sp³-hybridized carbons (Fsp3) is 0.571. The summed E-state index contributed by atoms with van der Waals surface area (Å²) in [5.74, 6) is 0.837. The molecule has 0 spiro atoms. The molecule has 1 aromatic rings. The number of rotatable bonds is 3. The van der Waals surface area contributed by atoms with Gasteiger partial charge in [0.25, 0.3) is 0 Å². The third-order valence-corrected chi connectivity index (χ3v) is 3.55. The first-order valence-corrected chi connectivity index (χ1v) is 6.24. The van der Waals surface area contributed by atoms with Crippen molar-refractivity contribution < 1.29 is 4.74 Å². The maximum Gasteiger partial charge on any atom is 0.120 e. The van der Waals surface area contributed by atoms with Crippen molar-refractivity contribution in [3.05, 3.63) is 28.3 Å². The summed E-state index contributed by atoms with van der Waals surface area (Å²) < 4.78 is 5.73. The summed E-state index contributed by atoms with van der Waals surface area (Å²) in [7, 11) is 0. The summed E-state index contributed by atoms with van der Waals surface area (Å²) in [5.41, 5.74) is 8.17. The van der Waals surface area contributed by atoms with E-state index >= 15 is 0 Å². The summed E-state index contributed by atoms with van der Waals surface area (Å²) in [6.45, 7) is 10.8. The van der Waals surface area contributed by atoms with Gasteiger partial charge >= 0.3 is 0 Å². The molecule has 1 aromatic carbocycles.